The molecule has 0 aliphatic carbocycles. The van der Waals surface area contributed by atoms with Gasteiger partial charge >= 0.3 is 15.6 Å². The molecule has 0 spiro atoms. The molecule has 17 heavy (non-hydrogen) atoms. The van der Waals surface area contributed by atoms with Crippen LogP contribution in [0.15, 0.2) is 18.5 Å². The minimum absolute atomic E-state index is 0.0969. The summed E-state index contributed by atoms with van der Waals surface area (Å²) in [5.41, 5.74) is -5.39. The molecule has 6 nitrogen and oxygen atoms in total. The molecule has 0 aromatic carbocycles. The average molecular weight is 267 g/mol. The van der Waals surface area contributed by atoms with Crippen molar-refractivity contribution in [2.24, 2.45) is 0 Å². The molecule has 0 aliphatic heterocycles. The lowest BCUT2D eigenvalue weighted by molar-refractivity contribution is -0.0499. The summed E-state index contributed by atoms with van der Waals surface area (Å²) in [6.07, 6.45) is 2.40. The molecule has 0 saturated heterocycles. The Morgan fingerprint density at radius 3 is 2.71 bits per heavy atom. The van der Waals surface area contributed by atoms with E-state index in [0.717, 1.165) is 12.3 Å². The summed E-state index contributed by atoms with van der Waals surface area (Å²) in [5.74, 6) is -0.534. The SMILES string of the molecule is O=S(=O)(Oc1ccnc2c[nH]nc12)C(F)(F)F. The molecular formula is C7H4F3N3O3S. The zero-order chi connectivity index (χ0) is 12.7. The Kier molecular flexibility index (Phi) is 2.45. The highest BCUT2D eigenvalue weighted by Gasteiger charge is 2.48. The second kappa shape index (κ2) is 3.58. The van der Waals surface area contributed by atoms with Gasteiger partial charge in [-0.15, -0.1) is 0 Å². The molecule has 2 aromatic rings. The normalized spacial score (nSPS) is 12.9. The summed E-state index contributed by atoms with van der Waals surface area (Å²) in [6, 6.07) is 0.979. The molecule has 2 aromatic heterocycles. The third-order valence-corrected chi connectivity index (χ3v) is 2.74. The number of H-pyrrole nitrogens is 1. The fourth-order valence-corrected chi connectivity index (χ4v) is 1.53. The molecule has 0 aliphatic rings. The zero-order valence-corrected chi connectivity index (χ0v) is 8.71. The monoisotopic (exact) mass is 267 g/mol. The van der Waals surface area contributed by atoms with Crippen molar-refractivity contribution in [3.05, 3.63) is 18.5 Å². The third-order valence-electron chi connectivity index (χ3n) is 1.78. The van der Waals surface area contributed by atoms with Crippen LogP contribution < -0.4 is 4.18 Å². The van der Waals surface area contributed by atoms with E-state index in [-0.39, 0.29) is 11.0 Å². The lowest BCUT2D eigenvalue weighted by Crippen LogP contribution is -2.28. The predicted octanol–water partition coefficient (Wildman–Crippen LogP) is 1.19. The van der Waals surface area contributed by atoms with Crippen molar-refractivity contribution in [1.29, 1.82) is 0 Å². The van der Waals surface area contributed by atoms with E-state index in [2.05, 4.69) is 19.4 Å². The number of fused-ring (bicyclic) bond motifs is 1. The number of aromatic amines is 1. The van der Waals surface area contributed by atoms with Gasteiger partial charge in [-0.3, -0.25) is 10.1 Å². The van der Waals surface area contributed by atoms with E-state index in [4.69, 9.17) is 0 Å². The summed E-state index contributed by atoms with van der Waals surface area (Å²) in [6.45, 7) is 0. The predicted molar refractivity (Wildman–Crippen MR) is 49.5 cm³/mol. The average Bonchev–Trinajstić information content (AvgIpc) is 2.64. The van der Waals surface area contributed by atoms with Crippen LogP contribution in [-0.2, 0) is 10.1 Å². The number of hydrogen-bond donors (Lipinski definition) is 1. The Morgan fingerprint density at radius 1 is 1.35 bits per heavy atom. The van der Waals surface area contributed by atoms with Crippen molar-refractivity contribution < 1.29 is 25.8 Å². The number of rotatable bonds is 2. The molecule has 0 radical (unpaired) electrons. The molecule has 1 N–H and O–H groups in total. The van der Waals surface area contributed by atoms with Crippen molar-refractivity contribution in [2.45, 2.75) is 5.51 Å². The Morgan fingerprint density at radius 2 is 2.06 bits per heavy atom. The first-order valence-corrected chi connectivity index (χ1v) is 5.51. The minimum atomic E-state index is -5.70. The first kappa shape index (κ1) is 11.6. The number of alkyl halides is 3. The maximum atomic E-state index is 12.1. The fraction of sp³-hybridized carbons (Fsp3) is 0.143. The third kappa shape index (κ3) is 2.02. The van der Waals surface area contributed by atoms with Crippen LogP contribution in [0.25, 0.3) is 11.0 Å². The van der Waals surface area contributed by atoms with Gasteiger partial charge in [-0.2, -0.15) is 26.7 Å². The van der Waals surface area contributed by atoms with E-state index < -0.39 is 21.4 Å². The summed E-state index contributed by atoms with van der Waals surface area (Å²) in [4.78, 5) is 3.74. The van der Waals surface area contributed by atoms with Crippen molar-refractivity contribution in [3.8, 4) is 5.75 Å². The Labute approximate surface area is 92.5 Å². The molecular weight excluding hydrogens is 263 g/mol. The van der Waals surface area contributed by atoms with Crippen molar-refractivity contribution in [1.82, 2.24) is 15.2 Å². The number of aromatic nitrogens is 3. The molecule has 0 bridgehead atoms. The maximum Gasteiger partial charge on any atom is 0.534 e. The number of nitrogens with zero attached hydrogens (tertiary/aromatic N) is 2. The maximum absolute atomic E-state index is 12.1. The van der Waals surface area contributed by atoms with Gasteiger partial charge in [0.25, 0.3) is 0 Å². The van der Waals surface area contributed by atoms with Crippen molar-refractivity contribution in [2.75, 3.05) is 0 Å². The van der Waals surface area contributed by atoms with Gasteiger partial charge in [0.05, 0.1) is 0 Å². The van der Waals surface area contributed by atoms with Crippen LogP contribution in [-0.4, -0.2) is 29.1 Å². The van der Waals surface area contributed by atoms with Crippen LogP contribution in [0.2, 0.25) is 0 Å². The molecule has 2 heterocycles. The highest BCUT2D eigenvalue weighted by Crippen LogP contribution is 2.29. The molecule has 0 atom stereocenters. The van der Waals surface area contributed by atoms with Crippen molar-refractivity contribution in [3.63, 3.8) is 0 Å². The summed E-state index contributed by atoms with van der Waals surface area (Å²) < 4.78 is 61.8. The van der Waals surface area contributed by atoms with Crippen LogP contribution >= 0.6 is 0 Å². The highest BCUT2D eigenvalue weighted by atomic mass is 32.2. The van der Waals surface area contributed by atoms with Crippen molar-refractivity contribution >= 4 is 21.2 Å². The van der Waals surface area contributed by atoms with E-state index >= 15 is 0 Å². The van der Waals surface area contributed by atoms with Gasteiger partial charge in [-0.1, -0.05) is 0 Å². The summed E-state index contributed by atoms with van der Waals surface area (Å²) >= 11 is 0. The van der Waals surface area contributed by atoms with Crippen LogP contribution in [0.5, 0.6) is 5.75 Å². The van der Waals surface area contributed by atoms with Gasteiger partial charge in [-0.05, 0) is 0 Å². The molecule has 2 rings (SSSR count). The highest BCUT2D eigenvalue weighted by molar-refractivity contribution is 7.88. The molecule has 0 fully saturated rings. The minimum Gasteiger partial charge on any atom is -0.373 e. The van der Waals surface area contributed by atoms with Gasteiger partial charge in [-0.25, -0.2) is 0 Å². The van der Waals surface area contributed by atoms with Crippen LogP contribution in [0, 0.1) is 0 Å². The standard InChI is InChI=1S/C7H4F3N3O3S/c8-7(9,10)17(14,15)16-5-1-2-11-4-3-12-13-6(4)5/h1-3H,(H,12,13). The van der Waals surface area contributed by atoms with Gasteiger partial charge in [0.1, 0.15) is 5.52 Å². The quantitative estimate of drug-likeness (QED) is 0.652. The number of pyridine rings is 1. The first-order valence-electron chi connectivity index (χ1n) is 4.10. The van der Waals surface area contributed by atoms with E-state index in [0.29, 0.717) is 0 Å². The van der Waals surface area contributed by atoms with Gasteiger partial charge < -0.3 is 4.18 Å². The molecule has 0 unspecified atom stereocenters. The smallest absolute Gasteiger partial charge is 0.373 e. The molecule has 10 heteroatoms. The van der Waals surface area contributed by atoms with Gasteiger partial charge in [0, 0.05) is 18.5 Å². The van der Waals surface area contributed by atoms with E-state index in [1.807, 2.05) is 0 Å². The van der Waals surface area contributed by atoms with Gasteiger partial charge in [0.2, 0.25) is 0 Å². The van der Waals surface area contributed by atoms with Gasteiger partial charge in [0.15, 0.2) is 11.3 Å². The molecule has 0 amide bonds. The Bertz CT molecular complexity index is 649. The zero-order valence-electron chi connectivity index (χ0n) is 7.89. The van der Waals surface area contributed by atoms with E-state index in [1.54, 1.807) is 0 Å². The molecule has 92 valence electrons. The van der Waals surface area contributed by atoms with Crippen LogP contribution in [0.4, 0.5) is 13.2 Å². The fourth-order valence-electron chi connectivity index (χ4n) is 1.06. The van der Waals surface area contributed by atoms with E-state index in [1.165, 1.54) is 6.20 Å². The Balaban J connectivity index is 2.47. The Hall–Kier alpha value is -1.84. The summed E-state index contributed by atoms with van der Waals surface area (Å²) in [5, 5.41) is 5.87. The first-order chi connectivity index (χ1) is 7.81. The van der Waals surface area contributed by atoms with Crippen LogP contribution in [0.3, 0.4) is 0 Å². The topological polar surface area (TPSA) is 84.9 Å². The number of halogens is 3. The second-order valence-electron chi connectivity index (χ2n) is 2.91. The largest absolute Gasteiger partial charge is 0.534 e. The number of hydrogen-bond acceptors (Lipinski definition) is 5. The van der Waals surface area contributed by atoms with Crippen LogP contribution in [0.1, 0.15) is 0 Å². The molecule has 0 saturated carbocycles. The number of nitrogens with one attached hydrogen (secondary N) is 1. The second-order valence-corrected chi connectivity index (χ2v) is 4.45. The lowest BCUT2D eigenvalue weighted by Gasteiger charge is -2.08. The summed E-state index contributed by atoms with van der Waals surface area (Å²) in [7, 11) is -5.70. The van der Waals surface area contributed by atoms with E-state index in [9.17, 15) is 21.6 Å². The lowest BCUT2D eigenvalue weighted by atomic mass is 10.4.